The maximum atomic E-state index is 12.6. The fourth-order valence-corrected chi connectivity index (χ4v) is 3.57. The highest BCUT2D eigenvalue weighted by Crippen LogP contribution is 2.52. The lowest BCUT2D eigenvalue weighted by atomic mass is 9.77. The minimum atomic E-state index is -0.631. The van der Waals surface area contributed by atoms with Crippen LogP contribution in [0.2, 0.25) is 0 Å². The number of ether oxygens (including phenoxy) is 3. The zero-order valence-electron chi connectivity index (χ0n) is 11.7. The van der Waals surface area contributed by atoms with E-state index in [2.05, 4.69) is 0 Å². The van der Waals surface area contributed by atoms with E-state index in [0.717, 1.165) is 6.42 Å². The maximum absolute atomic E-state index is 12.6. The van der Waals surface area contributed by atoms with Gasteiger partial charge in [-0.05, 0) is 6.42 Å². The third-order valence-electron chi connectivity index (χ3n) is 4.43. The summed E-state index contributed by atoms with van der Waals surface area (Å²) in [6, 6.07) is 0. The van der Waals surface area contributed by atoms with E-state index in [-0.39, 0.29) is 18.0 Å². The molecule has 0 aromatic rings. The molecule has 0 aliphatic carbocycles. The monoisotopic (exact) mass is 281 g/mol. The van der Waals surface area contributed by atoms with Gasteiger partial charge in [0, 0.05) is 20.3 Å². The van der Waals surface area contributed by atoms with Crippen LogP contribution in [0.4, 0.5) is 0 Å². The number of nitrogens with zero attached hydrogens (tertiary/aromatic N) is 1. The summed E-state index contributed by atoms with van der Waals surface area (Å²) < 4.78 is 15.8. The number of hydrogen-bond acceptors (Lipinski definition) is 5. The van der Waals surface area contributed by atoms with Crippen molar-refractivity contribution in [3.63, 3.8) is 0 Å². The Hall–Kier alpha value is -1.40. The summed E-state index contributed by atoms with van der Waals surface area (Å²) in [7, 11) is 2.99. The molecule has 20 heavy (non-hydrogen) atoms. The summed E-state index contributed by atoms with van der Waals surface area (Å²) >= 11 is 0. The highest BCUT2D eigenvalue weighted by molar-refractivity contribution is 5.91. The SMILES string of the molecule is COCCCN1C[C@@]23C=C[C@@H](O2)[C@@H](C(=O)OC)[C@H]3C1=O. The van der Waals surface area contributed by atoms with Gasteiger partial charge in [-0.2, -0.15) is 0 Å². The number of carbonyl (C=O) groups excluding carboxylic acids is 2. The Kier molecular flexibility index (Phi) is 3.30. The van der Waals surface area contributed by atoms with Crippen molar-refractivity contribution in [1.82, 2.24) is 4.90 Å². The van der Waals surface area contributed by atoms with Gasteiger partial charge in [-0.3, -0.25) is 9.59 Å². The van der Waals surface area contributed by atoms with Crippen molar-refractivity contribution in [2.45, 2.75) is 18.1 Å². The number of esters is 1. The molecule has 6 heteroatoms. The van der Waals surface area contributed by atoms with Crippen LogP contribution in [-0.2, 0) is 23.8 Å². The van der Waals surface area contributed by atoms with E-state index < -0.39 is 17.4 Å². The van der Waals surface area contributed by atoms with Gasteiger partial charge in [-0.1, -0.05) is 12.2 Å². The second kappa shape index (κ2) is 4.86. The van der Waals surface area contributed by atoms with Crippen LogP contribution in [0.1, 0.15) is 6.42 Å². The van der Waals surface area contributed by atoms with Crippen molar-refractivity contribution in [2.75, 3.05) is 33.9 Å². The Morgan fingerprint density at radius 1 is 1.55 bits per heavy atom. The van der Waals surface area contributed by atoms with Gasteiger partial charge in [-0.15, -0.1) is 0 Å². The lowest BCUT2D eigenvalue weighted by molar-refractivity contribution is -0.151. The molecule has 2 bridgehead atoms. The zero-order chi connectivity index (χ0) is 14.3. The number of rotatable bonds is 5. The standard InChI is InChI=1S/C14H19NO5/c1-18-7-3-6-15-8-14-5-4-9(20-14)10(13(17)19-2)11(14)12(15)16/h4-5,9-11H,3,6-8H2,1-2H3/t9-,10-,11+,14-/m1/s1. The third-order valence-corrected chi connectivity index (χ3v) is 4.43. The minimum absolute atomic E-state index is 0.0108. The lowest BCUT2D eigenvalue weighted by Crippen LogP contribution is -2.39. The molecule has 1 spiro atoms. The molecule has 0 aromatic carbocycles. The fraction of sp³-hybridized carbons (Fsp3) is 0.714. The lowest BCUT2D eigenvalue weighted by Gasteiger charge is -2.22. The number of carbonyl (C=O) groups is 2. The minimum Gasteiger partial charge on any atom is -0.469 e. The molecule has 6 nitrogen and oxygen atoms in total. The van der Waals surface area contributed by atoms with Crippen LogP contribution in [0.25, 0.3) is 0 Å². The first-order chi connectivity index (χ1) is 9.63. The average Bonchev–Trinajstić information content (AvgIpc) is 3.07. The van der Waals surface area contributed by atoms with Crippen molar-refractivity contribution in [2.24, 2.45) is 11.8 Å². The molecular weight excluding hydrogens is 262 g/mol. The summed E-state index contributed by atoms with van der Waals surface area (Å²) in [4.78, 5) is 26.3. The normalized spacial score (nSPS) is 37.6. The van der Waals surface area contributed by atoms with Crippen LogP contribution < -0.4 is 0 Å². The summed E-state index contributed by atoms with van der Waals surface area (Å²) in [5.74, 6) is -1.32. The number of hydrogen-bond donors (Lipinski definition) is 0. The molecule has 1 amide bonds. The van der Waals surface area contributed by atoms with Crippen LogP contribution >= 0.6 is 0 Å². The van der Waals surface area contributed by atoms with E-state index in [4.69, 9.17) is 14.2 Å². The molecule has 3 rings (SSSR count). The van der Waals surface area contributed by atoms with Crippen LogP contribution in [0, 0.1) is 11.8 Å². The van der Waals surface area contributed by atoms with Gasteiger partial charge in [0.15, 0.2) is 0 Å². The Morgan fingerprint density at radius 2 is 2.35 bits per heavy atom. The van der Waals surface area contributed by atoms with Crippen molar-refractivity contribution < 1.29 is 23.8 Å². The Morgan fingerprint density at radius 3 is 3.05 bits per heavy atom. The van der Waals surface area contributed by atoms with Crippen molar-refractivity contribution in [1.29, 1.82) is 0 Å². The number of likely N-dealkylation sites (tertiary alicyclic amines) is 1. The Balaban J connectivity index is 1.79. The summed E-state index contributed by atoms with van der Waals surface area (Å²) in [6.07, 6.45) is 4.28. The molecule has 110 valence electrons. The molecule has 2 saturated heterocycles. The van der Waals surface area contributed by atoms with E-state index >= 15 is 0 Å². The number of fused-ring (bicyclic) bond motifs is 1. The van der Waals surface area contributed by atoms with Gasteiger partial charge >= 0.3 is 5.97 Å². The molecule has 0 N–H and O–H groups in total. The highest BCUT2D eigenvalue weighted by Gasteiger charge is 2.67. The number of methoxy groups -OCH3 is 2. The Bertz CT molecular complexity index is 462. The van der Waals surface area contributed by atoms with Gasteiger partial charge in [0.05, 0.1) is 25.7 Å². The third kappa shape index (κ3) is 1.78. The van der Waals surface area contributed by atoms with Crippen molar-refractivity contribution in [3.05, 3.63) is 12.2 Å². The molecule has 0 aromatic heterocycles. The molecule has 0 unspecified atom stereocenters. The van der Waals surface area contributed by atoms with Crippen LogP contribution in [0.5, 0.6) is 0 Å². The van der Waals surface area contributed by atoms with Crippen LogP contribution in [0.15, 0.2) is 12.2 Å². The molecule has 0 radical (unpaired) electrons. The smallest absolute Gasteiger partial charge is 0.312 e. The summed E-state index contributed by atoms with van der Waals surface area (Å²) in [5, 5.41) is 0. The Labute approximate surface area is 117 Å². The predicted octanol–water partition coefficient (Wildman–Crippen LogP) is -0.0221. The second-order valence-electron chi connectivity index (χ2n) is 5.53. The van der Waals surface area contributed by atoms with E-state index in [9.17, 15) is 9.59 Å². The maximum Gasteiger partial charge on any atom is 0.312 e. The summed E-state index contributed by atoms with van der Waals surface area (Å²) in [6.45, 7) is 1.75. The molecule has 0 saturated carbocycles. The van der Waals surface area contributed by atoms with Crippen LogP contribution in [0.3, 0.4) is 0 Å². The summed E-state index contributed by atoms with van der Waals surface area (Å²) in [5.41, 5.74) is -0.631. The molecule has 3 aliphatic rings. The topological polar surface area (TPSA) is 65.1 Å². The largest absolute Gasteiger partial charge is 0.469 e. The van der Waals surface area contributed by atoms with E-state index in [0.29, 0.717) is 19.7 Å². The first kappa shape index (κ1) is 13.6. The first-order valence-electron chi connectivity index (χ1n) is 6.86. The molecule has 3 aliphatic heterocycles. The van der Waals surface area contributed by atoms with Gasteiger partial charge in [0.2, 0.25) is 5.91 Å². The zero-order valence-corrected chi connectivity index (χ0v) is 11.7. The second-order valence-corrected chi connectivity index (χ2v) is 5.53. The van der Waals surface area contributed by atoms with E-state index in [1.165, 1.54) is 7.11 Å². The molecule has 4 atom stereocenters. The predicted molar refractivity (Wildman–Crippen MR) is 68.8 cm³/mol. The molecular formula is C14H19NO5. The van der Waals surface area contributed by atoms with Gasteiger partial charge in [0.1, 0.15) is 11.5 Å². The quantitative estimate of drug-likeness (QED) is 0.402. The van der Waals surface area contributed by atoms with Gasteiger partial charge in [0.25, 0.3) is 0 Å². The highest BCUT2D eigenvalue weighted by atomic mass is 16.5. The van der Waals surface area contributed by atoms with Gasteiger partial charge in [-0.25, -0.2) is 0 Å². The number of amides is 1. The molecule has 3 heterocycles. The van der Waals surface area contributed by atoms with E-state index in [1.807, 2.05) is 12.2 Å². The fourth-order valence-electron chi connectivity index (χ4n) is 3.57. The van der Waals surface area contributed by atoms with Crippen molar-refractivity contribution in [3.8, 4) is 0 Å². The van der Waals surface area contributed by atoms with Crippen molar-refractivity contribution >= 4 is 11.9 Å². The van der Waals surface area contributed by atoms with Crippen LogP contribution in [-0.4, -0.2) is 62.4 Å². The average molecular weight is 281 g/mol. The first-order valence-corrected chi connectivity index (χ1v) is 6.86. The molecule has 2 fully saturated rings. The van der Waals surface area contributed by atoms with E-state index in [1.54, 1.807) is 12.0 Å². The van der Waals surface area contributed by atoms with Gasteiger partial charge < -0.3 is 19.1 Å².